The summed E-state index contributed by atoms with van der Waals surface area (Å²) in [4.78, 5) is 11.0. The molecule has 0 saturated carbocycles. The molecule has 0 aliphatic carbocycles. The van der Waals surface area contributed by atoms with Crippen molar-refractivity contribution in [2.45, 2.75) is 6.61 Å². The van der Waals surface area contributed by atoms with E-state index in [4.69, 9.17) is 20.3 Å². The molecule has 0 unspecified atom stereocenters. The number of nitrogen functional groups attached to an aromatic ring is 1. The zero-order chi connectivity index (χ0) is 15.4. The van der Waals surface area contributed by atoms with Gasteiger partial charge in [-0.1, -0.05) is 15.9 Å². The minimum Gasteiger partial charge on any atom is -0.497 e. The van der Waals surface area contributed by atoms with E-state index in [-0.39, 0.29) is 17.9 Å². The number of rotatable bonds is 5. The molecule has 110 valence electrons. The smallest absolute Gasteiger partial charge is 0.337 e. The van der Waals surface area contributed by atoms with Gasteiger partial charge >= 0.3 is 5.97 Å². The van der Waals surface area contributed by atoms with E-state index in [0.717, 1.165) is 15.8 Å². The first-order chi connectivity index (χ1) is 10.0. The molecule has 0 aliphatic rings. The van der Waals surface area contributed by atoms with Crippen molar-refractivity contribution in [3.63, 3.8) is 0 Å². The predicted molar refractivity (Wildman–Crippen MR) is 82.8 cm³/mol. The van der Waals surface area contributed by atoms with Crippen LogP contribution in [-0.2, 0) is 6.61 Å². The van der Waals surface area contributed by atoms with Crippen LogP contribution < -0.4 is 15.2 Å². The highest BCUT2D eigenvalue weighted by molar-refractivity contribution is 9.10. The van der Waals surface area contributed by atoms with Gasteiger partial charge in [-0.25, -0.2) is 4.79 Å². The van der Waals surface area contributed by atoms with E-state index in [9.17, 15) is 4.79 Å². The molecule has 0 radical (unpaired) electrons. The summed E-state index contributed by atoms with van der Waals surface area (Å²) >= 11 is 3.43. The van der Waals surface area contributed by atoms with Gasteiger partial charge in [0.05, 0.1) is 12.7 Å². The third-order valence-electron chi connectivity index (χ3n) is 2.90. The summed E-state index contributed by atoms with van der Waals surface area (Å²) in [7, 11) is 1.59. The number of ether oxygens (including phenoxy) is 2. The molecule has 0 spiro atoms. The van der Waals surface area contributed by atoms with Gasteiger partial charge < -0.3 is 20.3 Å². The Bertz CT molecular complexity index is 673. The highest BCUT2D eigenvalue weighted by Crippen LogP contribution is 2.25. The molecule has 0 saturated heterocycles. The summed E-state index contributed by atoms with van der Waals surface area (Å²) in [5.41, 5.74) is 6.72. The second-order valence-corrected chi connectivity index (χ2v) is 5.15. The molecule has 2 aromatic carbocycles. The number of carboxylic acids is 1. The molecule has 0 aromatic heterocycles. The van der Waals surface area contributed by atoms with Crippen molar-refractivity contribution >= 4 is 27.6 Å². The summed E-state index contributed by atoms with van der Waals surface area (Å²) in [6.07, 6.45) is 0. The molecule has 3 N–H and O–H groups in total. The standard InChI is InChI=1S/C15H14BrNO4/c1-20-10-2-4-13(16)9(6-10)8-21-11-3-5-14(17)12(7-11)15(18)19/h2-7H,8,17H2,1H3,(H,18,19). The Balaban J connectivity index is 2.16. The number of halogens is 1. The van der Waals surface area contributed by atoms with E-state index in [0.29, 0.717) is 5.75 Å². The zero-order valence-electron chi connectivity index (χ0n) is 11.3. The number of benzene rings is 2. The molecular formula is C15H14BrNO4. The molecule has 21 heavy (non-hydrogen) atoms. The van der Waals surface area contributed by atoms with Crippen LogP contribution in [0.3, 0.4) is 0 Å². The van der Waals surface area contributed by atoms with Crippen LogP contribution in [0.1, 0.15) is 15.9 Å². The fourth-order valence-electron chi connectivity index (χ4n) is 1.76. The van der Waals surface area contributed by atoms with Crippen LogP contribution in [-0.4, -0.2) is 18.2 Å². The minimum absolute atomic E-state index is 0.0252. The first-order valence-electron chi connectivity index (χ1n) is 6.09. The van der Waals surface area contributed by atoms with E-state index < -0.39 is 5.97 Å². The van der Waals surface area contributed by atoms with Crippen molar-refractivity contribution in [2.75, 3.05) is 12.8 Å². The second kappa shape index (κ2) is 6.49. The molecule has 2 rings (SSSR count). The van der Waals surface area contributed by atoms with E-state index in [2.05, 4.69) is 15.9 Å². The lowest BCUT2D eigenvalue weighted by molar-refractivity contribution is 0.0697. The molecule has 0 fully saturated rings. The molecule has 5 nitrogen and oxygen atoms in total. The molecule has 0 atom stereocenters. The molecule has 0 amide bonds. The minimum atomic E-state index is -1.08. The van der Waals surface area contributed by atoms with Crippen LogP contribution in [0.2, 0.25) is 0 Å². The number of nitrogens with two attached hydrogens (primary N) is 1. The van der Waals surface area contributed by atoms with Crippen molar-refractivity contribution in [2.24, 2.45) is 0 Å². The number of anilines is 1. The number of hydrogen-bond acceptors (Lipinski definition) is 4. The number of carbonyl (C=O) groups is 1. The van der Waals surface area contributed by atoms with Crippen LogP contribution in [0.4, 0.5) is 5.69 Å². The zero-order valence-corrected chi connectivity index (χ0v) is 12.9. The van der Waals surface area contributed by atoms with Gasteiger partial charge in [0.15, 0.2) is 0 Å². The topological polar surface area (TPSA) is 81.8 Å². The van der Waals surface area contributed by atoms with Crippen molar-refractivity contribution in [1.82, 2.24) is 0 Å². The maximum absolute atomic E-state index is 11.0. The van der Waals surface area contributed by atoms with Crippen molar-refractivity contribution < 1.29 is 19.4 Å². The Morgan fingerprint density at radius 1 is 1.24 bits per heavy atom. The highest BCUT2D eigenvalue weighted by Gasteiger charge is 2.10. The van der Waals surface area contributed by atoms with Crippen LogP contribution in [0.25, 0.3) is 0 Å². The molecule has 0 heterocycles. The first-order valence-corrected chi connectivity index (χ1v) is 6.88. The van der Waals surface area contributed by atoms with Gasteiger partial charge in [-0.05, 0) is 36.4 Å². The predicted octanol–water partition coefficient (Wildman–Crippen LogP) is 3.32. The maximum Gasteiger partial charge on any atom is 0.337 e. The highest BCUT2D eigenvalue weighted by atomic mass is 79.9. The van der Waals surface area contributed by atoms with Crippen LogP contribution in [0.5, 0.6) is 11.5 Å². The normalized spacial score (nSPS) is 10.2. The van der Waals surface area contributed by atoms with Crippen molar-refractivity contribution in [1.29, 1.82) is 0 Å². The lowest BCUT2D eigenvalue weighted by Gasteiger charge is -2.11. The Hall–Kier alpha value is -2.21. The number of hydrogen-bond donors (Lipinski definition) is 2. The average Bonchev–Trinajstić information content (AvgIpc) is 2.47. The van der Waals surface area contributed by atoms with Gasteiger partial charge in [0.1, 0.15) is 18.1 Å². The first kappa shape index (κ1) is 15.2. The van der Waals surface area contributed by atoms with Crippen LogP contribution >= 0.6 is 15.9 Å². The third kappa shape index (κ3) is 3.66. The summed E-state index contributed by atoms with van der Waals surface area (Å²) < 4.78 is 11.7. The van der Waals surface area contributed by atoms with Crippen LogP contribution in [0, 0.1) is 0 Å². The molecule has 0 aliphatic heterocycles. The van der Waals surface area contributed by atoms with Crippen molar-refractivity contribution in [3.05, 3.63) is 52.0 Å². The quantitative estimate of drug-likeness (QED) is 0.807. The molecule has 2 aromatic rings. The number of carboxylic acid groups (broad SMARTS) is 1. The second-order valence-electron chi connectivity index (χ2n) is 4.30. The molecule has 0 bridgehead atoms. The average molecular weight is 352 g/mol. The number of aromatic carboxylic acids is 1. The SMILES string of the molecule is COc1ccc(Br)c(COc2ccc(N)c(C(=O)O)c2)c1. The lowest BCUT2D eigenvalue weighted by Crippen LogP contribution is -2.04. The van der Waals surface area contributed by atoms with E-state index in [1.807, 2.05) is 18.2 Å². The Morgan fingerprint density at radius 3 is 2.62 bits per heavy atom. The van der Waals surface area contributed by atoms with Crippen LogP contribution in [0.15, 0.2) is 40.9 Å². The lowest BCUT2D eigenvalue weighted by atomic mass is 10.1. The molecular weight excluding hydrogens is 338 g/mol. The summed E-state index contributed by atoms with van der Waals surface area (Å²) in [6.45, 7) is 0.279. The Labute approximate surface area is 130 Å². The van der Waals surface area contributed by atoms with E-state index >= 15 is 0 Å². The molecule has 6 heteroatoms. The van der Waals surface area contributed by atoms with Gasteiger partial charge in [-0.2, -0.15) is 0 Å². The monoisotopic (exact) mass is 351 g/mol. The summed E-state index contributed by atoms with van der Waals surface area (Å²) in [6, 6.07) is 10.1. The van der Waals surface area contributed by atoms with Gasteiger partial charge in [0.2, 0.25) is 0 Å². The third-order valence-corrected chi connectivity index (χ3v) is 3.68. The number of methoxy groups -OCH3 is 1. The Morgan fingerprint density at radius 2 is 1.95 bits per heavy atom. The fourth-order valence-corrected chi connectivity index (χ4v) is 2.12. The van der Waals surface area contributed by atoms with E-state index in [1.165, 1.54) is 12.1 Å². The largest absolute Gasteiger partial charge is 0.497 e. The maximum atomic E-state index is 11.0. The summed E-state index contributed by atoms with van der Waals surface area (Å²) in [5.74, 6) is 0.0807. The fraction of sp³-hybridized carbons (Fsp3) is 0.133. The van der Waals surface area contributed by atoms with Gasteiger partial charge in [-0.15, -0.1) is 0 Å². The van der Waals surface area contributed by atoms with Gasteiger partial charge in [0, 0.05) is 15.7 Å². The van der Waals surface area contributed by atoms with Crippen molar-refractivity contribution in [3.8, 4) is 11.5 Å². The van der Waals surface area contributed by atoms with E-state index in [1.54, 1.807) is 13.2 Å². The Kier molecular flexibility index (Phi) is 4.70. The van der Waals surface area contributed by atoms with Gasteiger partial charge in [-0.3, -0.25) is 0 Å². The van der Waals surface area contributed by atoms with Gasteiger partial charge in [0.25, 0.3) is 0 Å². The summed E-state index contributed by atoms with van der Waals surface area (Å²) in [5, 5.41) is 9.03.